The van der Waals surface area contributed by atoms with Crippen molar-refractivity contribution in [3.63, 3.8) is 0 Å². The number of hydrogen-bond donors (Lipinski definition) is 1. The molecule has 0 radical (unpaired) electrons. The van der Waals surface area contributed by atoms with E-state index in [1.807, 2.05) is 0 Å². The number of aromatic nitrogens is 2. The molecule has 0 spiro atoms. The van der Waals surface area contributed by atoms with Gasteiger partial charge < -0.3 is 9.84 Å². The van der Waals surface area contributed by atoms with E-state index in [1.54, 1.807) is 23.0 Å². The Bertz CT molecular complexity index is 632. The summed E-state index contributed by atoms with van der Waals surface area (Å²) < 4.78 is 8.23. The van der Waals surface area contributed by atoms with Gasteiger partial charge in [0, 0.05) is 16.5 Å². The van der Waals surface area contributed by atoms with Crippen molar-refractivity contribution in [3.8, 4) is 0 Å². The highest BCUT2D eigenvalue weighted by atomic mass is 79.9. The molecule has 0 aliphatic carbocycles. The number of carboxylic acids is 1. The van der Waals surface area contributed by atoms with Crippen molar-refractivity contribution in [3.05, 3.63) is 28.4 Å². The van der Waals surface area contributed by atoms with Gasteiger partial charge in [-0.1, -0.05) is 15.9 Å². The molecule has 1 aromatic heterocycles. The van der Waals surface area contributed by atoms with Gasteiger partial charge in [-0.25, -0.2) is 9.48 Å². The van der Waals surface area contributed by atoms with E-state index >= 15 is 0 Å². The Hall–Kier alpha value is -1.40. The van der Waals surface area contributed by atoms with Crippen molar-refractivity contribution in [2.75, 3.05) is 6.61 Å². The Morgan fingerprint density at radius 1 is 1.47 bits per heavy atom. The smallest absolute Gasteiger partial charge is 0.335 e. The fourth-order valence-corrected chi connectivity index (χ4v) is 2.92. The molecule has 1 unspecified atom stereocenters. The summed E-state index contributed by atoms with van der Waals surface area (Å²) in [6.45, 7) is 0.728. The zero-order valence-electron chi connectivity index (χ0n) is 10.2. The lowest BCUT2D eigenvalue weighted by Gasteiger charge is -2.23. The third-order valence-corrected chi connectivity index (χ3v) is 4.00. The van der Waals surface area contributed by atoms with Crippen molar-refractivity contribution in [1.82, 2.24) is 9.78 Å². The number of carbonyl (C=O) groups is 1. The number of ether oxygens (including phenoxy) is 1. The van der Waals surface area contributed by atoms with E-state index in [9.17, 15) is 4.79 Å². The highest BCUT2D eigenvalue weighted by Gasteiger charge is 2.20. The van der Waals surface area contributed by atoms with Crippen molar-refractivity contribution in [2.24, 2.45) is 0 Å². The maximum atomic E-state index is 11.1. The Kier molecular flexibility index (Phi) is 3.28. The van der Waals surface area contributed by atoms with Crippen LogP contribution in [0, 0.1) is 0 Å². The fraction of sp³-hybridized carbons (Fsp3) is 0.385. The van der Waals surface area contributed by atoms with Crippen LogP contribution in [0.1, 0.15) is 35.8 Å². The van der Waals surface area contributed by atoms with Crippen LogP contribution in [0.5, 0.6) is 0 Å². The number of benzene rings is 1. The van der Waals surface area contributed by atoms with E-state index < -0.39 is 5.97 Å². The molecule has 1 N–H and O–H groups in total. The van der Waals surface area contributed by atoms with Gasteiger partial charge in [0.25, 0.3) is 0 Å². The molecule has 1 saturated heterocycles. The van der Waals surface area contributed by atoms with Gasteiger partial charge in [-0.3, -0.25) is 0 Å². The molecular weight excluding hydrogens is 312 g/mol. The quantitative estimate of drug-likeness (QED) is 0.921. The van der Waals surface area contributed by atoms with Gasteiger partial charge >= 0.3 is 5.97 Å². The summed E-state index contributed by atoms with van der Waals surface area (Å²) in [5.41, 5.74) is 1.04. The second-order valence-corrected chi connectivity index (χ2v) is 5.46. The fourth-order valence-electron chi connectivity index (χ4n) is 2.37. The van der Waals surface area contributed by atoms with Crippen LogP contribution in [0.2, 0.25) is 0 Å². The summed E-state index contributed by atoms with van der Waals surface area (Å²) in [5.74, 6) is -0.945. The normalized spacial score (nSPS) is 19.7. The topological polar surface area (TPSA) is 64.3 Å². The average Bonchev–Trinajstić information content (AvgIpc) is 2.84. The number of nitrogens with zero attached hydrogens (tertiary/aromatic N) is 2. The summed E-state index contributed by atoms with van der Waals surface area (Å²) in [6.07, 6.45) is 4.72. The minimum absolute atomic E-state index is 0.0952. The van der Waals surface area contributed by atoms with Crippen LogP contribution in [0.3, 0.4) is 0 Å². The van der Waals surface area contributed by atoms with Gasteiger partial charge in [-0.2, -0.15) is 5.10 Å². The van der Waals surface area contributed by atoms with E-state index in [-0.39, 0.29) is 11.8 Å². The molecule has 19 heavy (non-hydrogen) atoms. The average molecular weight is 325 g/mol. The van der Waals surface area contributed by atoms with Crippen molar-refractivity contribution in [1.29, 1.82) is 0 Å². The maximum Gasteiger partial charge on any atom is 0.335 e. The van der Waals surface area contributed by atoms with E-state index in [1.165, 1.54) is 0 Å². The third kappa shape index (κ3) is 2.26. The van der Waals surface area contributed by atoms with Gasteiger partial charge in [0.15, 0.2) is 6.23 Å². The summed E-state index contributed by atoms with van der Waals surface area (Å²) >= 11 is 3.40. The number of halogens is 1. The number of hydrogen-bond acceptors (Lipinski definition) is 3. The van der Waals surface area contributed by atoms with E-state index in [0.29, 0.717) is 0 Å². The molecule has 2 aromatic rings. The molecule has 1 atom stereocenters. The van der Waals surface area contributed by atoms with Gasteiger partial charge in [-0.05, 0) is 31.4 Å². The third-order valence-electron chi connectivity index (χ3n) is 3.34. The van der Waals surface area contributed by atoms with Gasteiger partial charge in [-0.15, -0.1) is 0 Å². The summed E-state index contributed by atoms with van der Waals surface area (Å²) in [6, 6.07) is 3.24. The molecule has 5 nitrogen and oxygen atoms in total. The van der Waals surface area contributed by atoms with Crippen LogP contribution in [0.25, 0.3) is 10.9 Å². The monoisotopic (exact) mass is 324 g/mol. The first kappa shape index (κ1) is 12.6. The lowest BCUT2D eigenvalue weighted by atomic mass is 10.1. The molecule has 0 saturated carbocycles. The lowest BCUT2D eigenvalue weighted by molar-refractivity contribution is -0.0366. The lowest BCUT2D eigenvalue weighted by Crippen LogP contribution is -2.19. The van der Waals surface area contributed by atoms with Gasteiger partial charge in [0.1, 0.15) is 0 Å². The first-order chi connectivity index (χ1) is 9.16. The first-order valence-corrected chi connectivity index (χ1v) is 6.98. The van der Waals surface area contributed by atoms with Crippen molar-refractivity contribution in [2.45, 2.75) is 25.5 Å². The first-order valence-electron chi connectivity index (χ1n) is 6.18. The van der Waals surface area contributed by atoms with Crippen LogP contribution in [0.15, 0.2) is 22.8 Å². The summed E-state index contributed by atoms with van der Waals surface area (Å²) in [5, 5.41) is 14.4. The molecule has 1 fully saturated rings. The van der Waals surface area contributed by atoms with Crippen molar-refractivity contribution < 1.29 is 14.6 Å². The van der Waals surface area contributed by atoms with Crippen LogP contribution in [0.4, 0.5) is 0 Å². The highest BCUT2D eigenvalue weighted by Crippen LogP contribution is 2.30. The van der Waals surface area contributed by atoms with E-state index in [2.05, 4.69) is 21.0 Å². The minimum Gasteiger partial charge on any atom is -0.478 e. The molecular formula is C13H13BrN2O3. The predicted molar refractivity (Wildman–Crippen MR) is 73.2 cm³/mol. The molecule has 6 heteroatoms. The van der Waals surface area contributed by atoms with Crippen LogP contribution in [-0.4, -0.2) is 27.5 Å². The molecule has 3 rings (SSSR count). The van der Waals surface area contributed by atoms with Crippen molar-refractivity contribution >= 4 is 32.8 Å². The molecule has 1 aliphatic rings. The number of rotatable bonds is 2. The van der Waals surface area contributed by atoms with Crippen LogP contribution in [-0.2, 0) is 4.74 Å². The van der Waals surface area contributed by atoms with Crippen LogP contribution < -0.4 is 0 Å². The predicted octanol–water partition coefficient (Wildman–Crippen LogP) is 3.20. The Labute approximate surface area is 118 Å². The maximum absolute atomic E-state index is 11.1. The highest BCUT2D eigenvalue weighted by molar-refractivity contribution is 9.10. The zero-order chi connectivity index (χ0) is 13.4. The SMILES string of the molecule is O=C(O)c1cc(Br)c2cnn(C3CCCCO3)c2c1. The molecule has 0 bridgehead atoms. The second kappa shape index (κ2) is 4.94. The second-order valence-electron chi connectivity index (χ2n) is 4.61. The van der Waals surface area contributed by atoms with Crippen LogP contribution >= 0.6 is 15.9 Å². The number of aromatic carboxylic acids is 1. The summed E-state index contributed by atoms with van der Waals surface area (Å²) in [4.78, 5) is 11.1. The summed E-state index contributed by atoms with van der Waals surface area (Å²) in [7, 11) is 0. The number of carboxylic acid groups (broad SMARTS) is 1. The number of fused-ring (bicyclic) bond motifs is 1. The van der Waals surface area contributed by atoms with Gasteiger partial charge in [0.05, 0.1) is 17.3 Å². The van der Waals surface area contributed by atoms with E-state index in [4.69, 9.17) is 9.84 Å². The van der Waals surface area contributed by atoms with E-state index in [0.717, 1.165) is 41.2 Å². The Morgan fingerprint density at radius 3 is 3.00 bits per heavy atom. The minimum atomic E-state index is -0.945. The van der Waals surface area contributed by atoms with Gasteiger partial charge in [0.2, 0.25) is 0 Å². The molecule has 2 heterocycles. The Balaban J connectivity index is 2.12. The molecule has 0 amide bonds. The molecule has 1 aliphatic heterocycles. The largest absolute Gasteiger partial charge is 0.478 e. The molecule has 100 valence electrons. The standard InChI is InChI=1S/C13H13BrN2O3/c14-10-5-8(13(17)18)6-11-9(10)7-15-16(11)12-3-1-2-4-19-12/h5-7,12H,1-4H2,(H,17,18). The molecule has 1 aromatic carbocycles. The zero-order valence-corrected chi connectivity index (χ0v) is 11.8. The Morgan fingerprint density at radius 2 is 2.32 bits per heavy atom.